The summed E-state index contributed by atoms with van der Waals surface area (Å²) in [6.45, 7) is 2.21. The van der Waals surface area contributed by atoms with E-state index in [0.29, 0.717) is 17.9 Å². The molecule has 0 fully saturated rings. The van der Waals surface area contributed by atoms with Crippen LogP contribution in [-0.2, 0) is 11.4 Å². The number of hydrogen-bond donors (Lipinski definition) is 1. The summed E-state index contributed by atoms with van der Waals surface area (Å²) < 4.78 is 5.79. The quantitative estimate of drug-likeness (QED) is 0.625. The lowest BCUT2D eigenvalue weighted by Gasteiger charge is -2.15. The average molecular weight is 309 g/mol. The molecule has 0 aliphatic carbocycles. The van der Waals surface area contributed by atoms with E-state index in [1.54, 1.807) is 19.2 Å². The highest BCUT2D eigenvalue weighted by Crippen LogP contribution is 2.31. The molecule has 2 aromatic carbocycles. The highest BCUT2D eigenvalue weighted by atomic mass is 16.5. The van der Waals surface area contributed by atoms with Crippen molar-refractivity contribution in [3.05, 3.63) is 65.2 Å². The van der Waals surface area contributed by atoms with Gasteiger partial charge in [0.05, 0.1) is 5.56 Å². The van der Waals surface area contributed by atoms with Crippen LogP contribution in [0.4, 0.5) is 5.69 Å². The van der Waals surface area contributed by atoms with Gasteiger partial charge >= 0.3 is 0 Å². The van der Waals surface area contributed by atoms with E-state index < -0.39 is 0 Å². The molecule has 2 aromatic rings. The van der Waals surface area contributed by atoms with Crippen molar-refractivity contribution in [1.82, 2.24) is 0 Å². The summed E-state index contributed by atoms with van der Waals surface area (Å²) in [5.74, 6) is 0.510. The summed E-state index contributed by atoms with van der Waals surface area (Å²) >= 11 is 0. The fourth-order valence-corrected chi connectivity index (χ4v) is 2.27. The second-order valence-corrected chi connectivity index (χ2v) is 5.06. The minimum atomic E-state index is 0.382. The van der Waals surface area contributed by atoms with Crippen LogP contribution in [0, 0.1) is 0 Å². The molecule has 23 heavy (non-hydrogen) atoms. The molecular formula is C19H19NO3. The van der Waals surface area contributed by atoms with Gasteiger partial charge in [0.25, 0.3) is 0 Å². The molecule has 0 unspecified atom stereocenters. The molecule has 0 aliphatic rings. The fourth-order valence-electron chi connectivity index (χ4n) is 2.27. The van der Waals surface area contributed by atoms with Crippen LogP contribution in [-0.4, -0.2) is 19.6 Å². The van der Waals surface area contributed by atoms with Crippen molar-refractivity contribution in [2.45, 2.75) is 13.5 Å². The van der Waals surface area contributed by atoms with Crippen molar-refractivity contribution in [2.75, 3.05) is 12.4 Å². The number of allylic oxidation sites excluding steroid dienone is 2. The fraction of sp³-hybridized carbons (Fsp3) is 0.158. The lowest BCUT2D eigenvalue weighted by molar-refractivity contribution is -0.104. The summed E-state index contributed by atoms with van der Waals surface area (Å²) in [7, 11) is 1.79. The van der Waals surface area contributed by atoms with Crippen molar-refractivity contribution < 1.29 is 14.3 Å². The molecule has 118 valence electrons. The molecule has 0 spiro atoms. The van der Waals surface area contributed by atoms with Crippen LogP contribution in [0.15, 0.2) is 48.5 Å². The van der Waals surface area contributed by atoms with Gasteiger partial charge in [-0.05, 0) is 30.2 Å². The van der Waals surface area contributed by atoms with Gasteiger partial charge in [-0.25, -0.2) is 0 Å². The van der Waals surface area contributed by atoms with E-state index >= 15 is 0 Å². The number of anilines is 1. The van der Waals surface area contributed by atoms with E-state index in [1.165, 1.54) is 6.08 Å². The molecule has 0 amide bonds. The molecule has 0 saturated heterocycles. The lowest BCUT2D eigenvalue weighted by Crippen LogP contribution is -2.02. The Hall–Kier alpha value is -2.88. The predicted molar refractivity (Wildman–Crippen MR) is 91.9 cm³/mol. The number of carbonyl (C=O) groups excluding carboxylic acids is 2. The van der Waals surface area contributed by atoms with Crippen molar-refractivity contribution in [3.63, 3.8) is 0 Å². The Morgan fingerprint density at radius 2 is 1.91 bits per heavy atom. The summed E-state index contributed by atoms with van der Waals surface area (Å²) in [5, 5.41) is 3.07. The second kappa shape index (κ2) is 7.94. The minimum absolute atomic E-state index is 0.382. The Morgan fingerprint density at radius 1 is 1.17 bits per heavy atom. The summed E-state index contributed by atoms with van der Waals surface area (Å²) in [6, 6.07) is 13.3. The summed E-state index contributed by atoms with van der Waals surface area (Å²) in [6.07, 6.45) is 2.96. The largest absolute Gasteiger partial charge is 0.488 e. The van der Waals surface area contributed by atoms with Gasteiger partial charge < -0.3 is 10.1 Å². The zero-order valence-electron chi connectivity index (χ0n) is 13.2. The van der Waals surface area contributed by atoms with Gasteiger partial charge in [0.15, 0.2) is 6.29 Å². The minimum Gasteiger partial charge on any atom is -0.488 e. The first-order valence-corrected chi connectivity index (χ1v) is 7.29. The smallest absolute Gasteiger partial charge is 0.153 e. The molecular weight excluding hydrogens is 290 g/mol. The number of aldehydes is 2. The van der Waals surface area contributed by atoms with Crippen molar-refractivity contribution in [2.24, 2.45) is 0 Å². The molecule has 2 rings (SSSR count). The van der Waals surface area contributed by atoms with E-state index in [1.807, 2.05) is 37.3 Å². The van der Waals surface area contributed by atoms with Gasteiger partial charge in [-0.2, -0.15) is 0 Å². The molecule has 0 saturated carbocycles. The summed E-state index contributed by atoms with van der Waals surface area (Å²) in [4.78, 5) is 22.1. The van der Waals surface area contributed by atoms with E-state index in [4.69, 9.17) is 4.74 Å². The number of carbonyl (C=O) groups is 2. The van der Waals surface area contributed by atoms with Crippen LogP contribution in [0.1, 0.15) is 28.4 Å². The predicted octanol–water partition coefficient (Wildman–Crippen LogP) is 3.72. The maximum atomic E-state index is 11.4. The first kappa shape index (κ1) is 16.5. The lowest BCUT2D eigenvalue weighted by atomic mass is 10.0. The van der Waals surface area contributed by atoms with E-state index in [2.05, 4.69) is 5.32 Å². The molecule has 0 bridgehead atoms. The number of nitrogens with one attached hydrogen (secondary N) is 1. The first-order chi connectivity index (χ1) is 11.2. The number of hydrogen-bond acceptors (Lipinski definition) is 4. The molecule has 0 aromatic heterocycles. The molecule has 1 N–H and O–H groups in total. The van der Waals surface area contributed by atoms with Gasteiger partial charge in [-0.1, -0.05) is 30.3 Å². The normalized spacial score (nSPS) is 11.0. The van der Waals surface area contributed by atoms with E-state index in [-0.39, 0.29) is 0 Å². The van der Waals surface area contributed by atoms with Crippen LogP contribution in [0.25, 0.3) is 5.57 Å². The monoisotopic (exact) mass is 309 g/mol. The third kappa shape index (κ3) is 4.07. The third-order valence-corrected chi connectivity index (χ3v) is 3.53. The topological polar surface area (TPSA) is 55.4 Å². The standard InChI is InChI=1S/C19H19NO3/c1-14(8-9-21)17-10-16(12-22)19(11-18(17)20-2)23-13-15-6-4-3-5-7-15/h3-12,20H,13H2,1-2H3/b14-8-. The number of rotatable bonds is 7. The number of ether oxygens (including phenoxy) is 1. The molecule has 0 heterocycles. The zero-order valence-corrected chi connectivity index (χ0v) is 13.2. The first-order valence-electron chi connectivity index (χ1n) is 7.29. The maximum Gasteiger partial charge on any atom is 0.153 e. The molecule has 4 heteroatoms. The van der Waals surface area contributed by atoms with Crippen LogP contribution in [0.3, 0.4) is 0 Å². The molecule has 4 nitrogen and oxygen atoms in total. The third-order valence-electron chi connectivity index (χ3n) is 3.53. The van der Waals surface area contributed by atoms with Crippen molar-refractivity contribution in [1.29, 1.82) is 0 Å². The van der Waals surface area contributed by atoms with Gasteiger partial charge in [0.1, 0.15) is 18.6 Å². The Morgan fingerprint density at radius 3 is 2.52 bits per heavy atom. The zero-order chi connectivity index (χ0) is 16.7. The Labute approximate surface area is 135 Å². The van der Waals surface area contributed by atoms with E-state index in [0.717, 1.165) is 35.0 Å². The van der Waals surface area contributed by atoms with Crippen LogP contribution in [0.5, 0.6) is 5.75 Å². The Bertz CT molecular complexity index is 721. The molecule has 0 atom stereocenters. The Balaban J connectivity index is 2.34. The Kier molecular flexibility index (Phi) is 5.69. The van der Waals surface area contributed by atoms with Gasteiger partial charge in [0, 0.05) is 24.4 Å². The van der Waals surface area contributed by atoms with Gasteiger partial charge in [-0.15, -0.1) is 0 Å². The highest BCUT2D eigenvalue weighted by molar-refractivity contribution is 5.90. The van der Waals surface area contributed by atoms with Gasteiger partial charge in [0.2, 0.25) is 0 Å². The van der Waals surface area contributed by atoms with E-state index in [9.17, 15) is 9.59 Å². The SMILES string of the molecule is CNc1cc(OCc2ccccc2)c(C=O)cc1/C(C)=C\C=O. The van der Waals surface area contributed by atoms with Crippen LogP contribution < -0.4 is 10.1 Å². The van der Waals surface area contributed by atoms with Crippen LogP contribution >= 0.6 is 0 Å². The summed E-state index contributed by atoms with van der Waals surface area (Å²) in [5.41, 5.74) is 3.86. The van der Waals surface area contributed by atoms with Crippen LogP contribution in [0.2, 0.25) is 0 Å². The number of benzene rings is 2. The average Bonchev–Trinajstić information content (AvgIpc) is 2.60. The second-order valence-electron chi connectivity index (χ2n) is 5.06. The van der Waals surface area contributed by atoms with Crippen molar-refractivity contribution in [3.8, 4) is 5.75 Å². The maximum absolute atomic E-state index is 11.4. The molecule has 0 aliphatic heterocycles. The molecule has 0 radical (unpaired) electrons. The highest BCUT2D eigenvalue weighted by Gasteiger charge is 2.11. The van der Waals surface area contributed by atoms with Crippen molar-refractivity contribution >= 4 is 23.8 Å². The van der Waals surface area contributed by atoms with Gasteiger partial charge in [-0.3, -0.25) is 9.59 Å².